The van der Waals surface area contributed by atoms with Crippen molar-refractivity contribution in [2.24, 2.45) is 0 Å². The van der Waals surface area contributed by atoms with E-state index < -0.39 is 17.6 Å². The number of ether oxygens (including phenoxy) is 1. The maximum absolute atomic E-state index is 14.2. The monoisotopic (exact) mass is 359 g/mol. The molecular weight excluding hydrogens is 344 g/mol. The van der Waals surface area contributed by atoms with Gasteiger partial charge in [0.1, 0.15) is 17.5 Å². The molecule has 0 aliphatic carbocycles. The minimum absolute atomic E-state index is 0.0267. The van der Waals surface area contributed by atoms with E-state index in [0.29, 0.717) is 30.0 Å². The number of esters is 1. The Morgan fingerprint density at radius 1 is 1.31 bits per heavy atom. The first-order chi connectivity index (χ1) is 12.6. The number of carbonyl (C=O) groups is 1. The van der Waals surface area contributed by atoms with E-state index in [1.165, 1.54) is 23.8 Å². The van der Waals surface area contributed by atoms with E-state index >= 15 is 0 Å². The highest BCUT2D eigenvalue weighted by Crippen LogP contribution is 2.36. The van der Waals surface area contributed by atoms with E-state index in [-0.39, 0.29) is 11.9 Å². The Kier molecular flexibility index (Phi) is 3.98. The third-order valence-electron chi connectivity index (χ3n) is 4.51. The quantitative estimate of drug-likeness (QED) is 0.669. The number of aromatic nitrogens is 4. The van der Waals surface area contributed by atoms with Crippen LogP contribution in [0, 0.1) is 11.6 Å². The highest BCUT2D eigenvalue weighted by atomic mass is 19.1. The van der Waals surface area contributed by atoms with E-state index in [1.54, 1.807) is 6.20 Å². The molecule has 3 aromatic rings. The molecule has 1 aliphatic rings. The molecule has 0 bridgehead atoms. The molecule has 1 fully saturated rings. The molecule has 0 spiro atoms. The number of anilines is 1. The van der Waals surface area contributed by atoms with Gasteiger partial charge in [0.2, 0.25) is 5.82 Å². The van der Waals surface area contributed by atoms with Gasteiger partial charge in [0, 0.05) is 12.1 Å². The van der Waals surface area contributed by atoms with Crippen LogP contribution in [-0.2, 0) is 4.74 Å². The summed E-state index contributed by atoms with van der Waals surface area (Å²) in [6, 6.07) is 3.11. The van der Waals surface area contributed by atoms with Crippen LogP contribution in [-0.4, -0.2) is 39.2 Å². The zero-order chi connectivity index (χ0) is 18.3. The molecule has 2 aromatic heterocycles. The number of halogens is 2. The standard InChI is InChI=1S/C17H15F2N5O2/c1-26-17(25)16-22-21-14-8-20-15(9-24(14)16)23-6-2-3-13(23)11-7-10(18)4-5-12(11)19/h4-5,7-9,13H,2-3,6H2,1H3/t13-/m1/s1. The number of carbonyl (C=O) groups excluding carboxylic acids is 1. The van der Waals surface area contributed by atoms with Gasteiger partial charge in [-0.1, -0.05) is 0 Å². The van der Waals surface area contributed by atoms with Crippen molar-refractivity contribution in [1.29, 1.82) is 0 Å². The Labute approximate surface area is 147 Å². The van der Waals surface area contributed by atoms with Gasteiger partial charge in [0.05, 0.1) is 25.5 Å². The molecule has 1 aliphatic heterocycles. The lowest BCUT2D eigenvalue weighted by atomic mass is 10.0. The van der Waals surface area contributed by atoms with Gasteiger partial charge in [-0.15, -0.1) is 10.2 Å². The lowest BCUT2D eigenvalue weighted by molar-refractivity contribution is 0.0585. The maximum atomic E-state index is 14.2. The molecule has 0 amide bonds. The number of methoxy groups -OCH3 is 1. The SMILES string of the molecule is COC(=O)c1nnc2cnc(N3CCC[C@@H]3c3cc(F)ccc3F)cn12. The molecule has 26 heavy (non-hydrogen) atoms. The topological polar surface area (TPSA) is 72.6 Å². The van der Waals surface area contributed by atoms with Crippen LogP contribution in [0.25, 0.3) is 5.65 Å². The van der Waals surface area contributed by atoms with Crippen molar-refractivity contribution in [2.75, 3.05) is 18.6 Å². The summed E-state index contributed by atoms with van der Waals surface area (Å²) in [7, 11) is 1.26. The number of nitrogens with zero attached hydrogens (tertiary/aromatic N) is 5. The van der Waals surface area contributed by atoms with Gasteiger partial charge in [-0.2, -0.15) is 0 Å². The van der Waals surface area contributed by atoms with E-state index in [4.69, 9.17) is 4.74 Å². The van der Waals surface area contributed by atoms with Crippen LogP contribution in [0.5, 0.6) is 0 Å². The van der Waals surface area contributed by atoms with Crippen LogP contribution in [0.2, 0.25) is 0 Å². The molecule has 9 heteroatoms. The summed E-state index contributed by atoms with van der Waals surface area (Å²) < 4.78 is 34.0. The molecule has 1 saturated heterocycles. The fourth-order valence-electron chi connectivity index (χ4n) is 3.30. The third kappa shape index (κ3) is 2.65. The van der Waals surface area contributed by atoms with Crippen LogP contribution in [0.1, 0.15) is 35.1 Å². The zero-order valence-corrected chi connectivity index (χ0v) is 13.9. The summed E-state index contributed by atoms with van der Waals surface area (Å²) in [6.07, 6.45) is 4.57. The normalized spacial score (nSPS) is 17.0. The predicted octanol–water partition coefficient (Wildman–Crippen LogP) is 2.53. The van der Waals surface area contributed by atoms with E-state index in [0.717, 1.165) is 18.6 Å². The van der Waals surface area contributed by atoms with Gasteiger partial charge in [0.15, 0.2) is 5.65 Å². The van der Waals surface area contributed by atoms with Gasteiger partial charge in [-0.05, 0) is 31.0 Å². The van der Waals surface area contributed by atoms with Crippen LogP contribution in [0.4, 0.5) is 14.6 Å². The van der Waals surface area contributed by atoms with Crippen molar-refractivity contribution >= 4 is 17.4 Å². The van der Waals surface area contributed by atoms with E-state index in [2.05, 4.69) is 15.2 Å². The molecule has 134 valence electrons. The number of hydrogen-bond acceptors (Lipinski definition) is 6. The second-order valence-corrected chi connectivity index (χ2v) is 6.01. The summed E-state index contributed by atoms with van der Waals surface area (Å²) in [6.45, 7) is 0.634. The molecule has 0 saturated carbocycles. The molecule has 0 radical (unpaired) electrons. The molecule has 0 N–H and O–H groups in total. The lowest BCUT2D eigenvalue weighted by Gasteiger charge is -2.26. The Morgan fingerprint density at radius 3 is 2.96 bits per heavy atom. The Hall–Kier alpha value is -3.10. The summed E-state index contributed by atoms with van der Waals surface area (Å²) in [5, 5.41) is 7.69. The molecule has 0 unspecified atom stereocenters. The molecule has 1 atom stereocenters. The Bertz CT molecular complexity index is 990. The summed E-state index contributed by atoms with van der Waals surface area (Å²) in [5.74, 6) is -1.01. The minimum Gasteiger partial charge on any atom is -0.463 e. The van der Waals surface area contributed by atoms with Crippen LogP contribution in [0.15, 0.2) is 30.6 Å². The second-order valence-electron chi connectivity index (χ2n) is 6.01. The van der Waals surface area contributed by atoms with Gasteiger partial charge in [0.25, 0.3) is 0 Å². The fourth-order valence-corrected chi connectivity index (χ4v) is 3.30. The van der Waals surface area contributed by atoms with Gasteiger partial charge < -0.3 is 9.64 Å². The third-order valence-corrected chi connectivity index (χ3v) is 4.51. The second kappa shape index (κ2) is 6.32. The molecule has 3 heterocycles. The van der Waals surface area contributed by atoms with E-state index in [9.17, 15) is 13.6 Å². The molecule has 1 aromatic carbocycles. The largest absolute Gasteiger partial charge is 0.463 e. The first-order valence-corrected chi connectivity index (χ1v) is 8.09. The number of rotatable bonds is 3. The van der Waals surface area contributed by atoms with Crippen molar-refractivity contribution in [1.82, 2.24) is 19.6 Å². The van der Waals surface area contributed by atoms with Crippen molar-refractivity contribution in [3.63, 3.8) is 0 Å². The summed E-state index contributed by atoms with van der Waals surface area (Å²) in [4.78, 5) is 18.1. The molecular formula is C17H15F2N5O2. The highest BCUT2D eigenvalue weighted by Gasteiger charge is 2.30. The average Bonchev–Trinajstić information content (AvgIpc) is 3.29. The zero-order valence-electron chi connectivity index (χ0n) is 13.9. The average molecular weight is 359 g/mol. The minimum atomic E-state index is -0.621. The number of benzene rings is 1. The molecule has 4 rings (SSSR count). The summed E-state index contributed by atoms with van der Waals surface area (Å²) >= 11 is 0. The number of hydrogen-bond donors (Lipinski definition) is 0. The Balaban J connectivity index is 1.76. The van der Waals surface area contributed by atoms with Crippen LogP contribution in [0.3, 0.4) is 0 Å². The summed E-state index contributed by atoms with van der Waals surface area (Å²) in [5.41, 5.74) is 0.683. The lowest BCUT2D eigenvalue weighted by Crippen LogP contribution is -2.25. The van der Waals surface area contributed by atoms with E-state index in [1.807, 2.05) is 4.90 Å². The maximum Gasteiger partial charge on any atom is 0.376 e. The number of fused-ring (bicyclic) bond motifs is 1. The first kappa shape index (κ1) is 16.4. The van der Waals surface area contributed by atoms with Gasteiger partial charge in [-0.25, -0.2) is 18.6 Å². The van der Waals surface area contributed by atoms with Crippen molar-refractivity contribution in [3.8, 4) is 0 Å². The van der Waals surface area contributed by atoms with Gasteiger partial charge >= 0.3 is 5.97 Å². The van der Waals surface area contributed by atoms with Crippen molar-refractivity contribution in [2.45, 2.75) is 18.9 Å². The smallest absolute Gasteiger partial charge is 0.376 e. The fraction of sp³-hybridized carbons (Fsp3) is 0.294. The van der Waals surface area contributed by atoms with Crippen LogP contribution >= 0.6 is 0 Å². The molecule has 7 nitrogen and oxygen atoms in total. The Morgan fingerprint density at radius 2 is 2.15 bits per heavy atom. The highest BCUT2D eigenvalue weighted by molar-refractivity contribution is 5.86. The first-order valence-electron chi connectivity index (χ1n) is 8.09. The van der Waals surface area contributed by atoms with Gasteiger partial charge in [-0.3, -0.25) is 4.40 Å². The predicted molar refractivity (Wildman–Crippen MR) is 87.8 cm³/mol. The van der Waals surface area contributed by atoms with Crippen molar-refractivity contribution < 1.29 is 18.3 Å². The van der Waals surface area contributed by atoms with Crippen LogP contribution < -0.4 is 4.90 Å². The van der Waals surface area contributed by atoms with Crippen molar-refractivity contribution in [3.05, 3.63) is 53.6 Å².